The molecule has 4 aromatic rings. The maximum absolute atomic E-state index is 15.1. The lowest BCUT2D eigenvalue weighted by atomic mass is 10.2. The summed E-state index contributed by atoms with van der Waals surface area (Å²) in [5.74, 6) is 0.575. The predicted octanol–water partition coefficient (Wildman–Crippen LogP) is 5.32. The van der Waals surface area contributed by atoms with Gasteiger partial charge in [0.2, 0.25) is 17.7 Å². The molecule has 2 N–H and O–H groups in total. The van der Waals surface area contributed by atoms with Crippen LogP contribution in [0.4, 0.5) is 27.4 Å². The van der Waals surface area contributed by atoms with Crippen LogP contribution in [0.5, 0.6) is 11.6 Å². The molecule has 0 spiro atoms. The third-order valence-corrected chi connectivity index (χ3v) is 7.03. The average Bonchev–Trinajstić information content (AvgIpc) is 3.68. The van der Waals surface area contributed by atoms with Crippen LogP contribution in [0.25, 0.3) is 11.0 Å². The van der Waals surface area contributed by atoms with Crippen LogP contribution in [-0.4, -0.2) is 58.6 Å². The Balaban J connectivity index is 1.29. The molecule has 1 amide bonds. The van der Waals surface area contributed by atoms with Crippen LogP contribution in [0.15, 0.2) is 67.4 Å². The molecule has 2 fully saturated rings. The van der Waals surface area contributed by atoms with Gasteiger partial charge in [-0.25, -0.2) is 4.39 Å². The Morgan fingerprint density at radius 3 is 2.64 bits per heavy atom. The molecule has 2 aliphatic rings. The molecule has 6 rings (SSSR count). The highest BCUT2D eigenvalue weighted by Gasteiger charge is 2.27. The second-order valence-corrected chi connectivity index (χ2v) is 9.95. The number of ether oxygens (including phenoxy) is 1. The summed E-state index contributed by atoms with van der Waals surface area (Å²) in [5.41, 5.74) is 2.47. The van der Waals surface area contributed by atoms with E-state index in [1.807, 2.05) is 18.3 Å². The minimum Gasteiger partial charge on any atom is -0.438 e. The lowest BCUT2D eigenvalue weighted by molar-refractivity contribution is -0.111. The van der Waals surface area contributed by atoms with Gasteiger partial charge in [-0.15, -0.1) is 0 Å². The second kappa shape index (κ2) is 10.4. The molecule has 39 heavy (non-hydrogen) atoms. The fourth-order valence-corrected chi connectivity index (χ4v) is 4.75. The average molecular weight is 528 g/mol. The quantitative estimate of drug-likeness (QED) is 0.300. The summed E-state index contributed by atoms with van der Waals surface area (Å²) in [7, 11) is 2.08. The van der Waals surface area contributed by atoms with Gasteiger partial charge in [0, 0.05) is 55.9 Å². The first-order valence-electron chi connectivity index (χ1n) is 13.1. The number of amides is 1. The highest BCUT2D eigenvalue weighted by Crippen LogP contribution is 2.40. The van der Waals surface area contributed by atoms with Gasteiger partial charge in [-0.05, 0) is 62.4 Å². The SMILES string of the molecule is C=CC(=O)Nc1cccc(Oc2nc(Nc3ccc(N4CCN(C)CC4)c(F)c3)nc3c2ccn3C2CC2)c1. The summed E-state index contributed by atoms with van der Waals surface area (Å²) in [6, 6.07) is 14.5. The van der Waals surface area contributed by atoms with Crippen LogP contribution in [0.1, 0.15) is 18.9 Å². The molecule has 200 valence electrons. The first kappa shape index (κ1) is 24.9. The van der Waals surface area contributed by atoms with E-state index in [-0.39, 0.29) is 11.7 Å². The Bertz CT molecular complexity index is 1540. The van der Waals surface area contributed by atoms with Crippen LogP contribution in [-0.2, 0) is 4.79 Å². The Morgan fingerprint density at radius 1 is 1.08 bits per heavy atom. The number of fused-ring (bicyclic) bond motifs is 1. The van der Waals surface area contributed by atoms with Crippen molar-refractivity contribution in [1.82, 2.24) is 19.4 Å². The number of piperazine rings is 1. The van der Waals surface area contributed by atoms with E-state index in [0.717, 1.165) is 50.1 Å². The lowest BCUT2D eigenvalue weighted by Crippen LogP contribution is -2.44. The number of benzene rings is 2. The van der Waals surface area contributed by atoms with Gasteiger partial charge < -0.3 is 29.7 Å². The van der Waals surface area contributed by atoms with Crippen LogP contribution < -0.4 is 20.3 Å². The molecule has 0 radical (unpaired) electrons. The summed E-state index contributed by atoms with van der Waals surface area (Å²) in [4.78, 5) is 25.4. The molecule has 0 atom stereocenters. The molecule has 0 unspecified atom stereocenters. The van der Waals surface area contributed by atoms with E-state index < -0.39 is 0 Å². The van der Waals surface area contributed by atoms with E-state index in [0.29, 0.717) is 40.7 Å². The van der Waals surface area contributed by atoms with E-state index >= 15 is 4.39 Å². The van der Waals surface area contributed by atoms with Gasteiger partial charge in [-0.2, -0.15) is 9.97 Å². The standard InChI is InChI=1S/C29H30FN7O2/c1-3-26(38)31-19-5-4-6-22(17-19)39-28-23-11-12-37(21-8-9-21)27(23)33-29(34-28)32-20-7-10-25(24(30)18-20)36-15-13-35(2)14-16-36/h3-7,10-12,17-18,21H,1,8-9,13-16H2,2H3,(H,31,38)(H,32,33,34). The van der Waals surface area contributed by atoms with Gasteiger partial charge in [0.15, 0.2) is 0 Å². The first-order valence-corrected chi connectivity index (χ1v) is 13.1. The van der Waals surface area contributed by atoms with Crippen molar-refractivity contribution < 1.29 is 13.9 Å². The predicted molar refractivity (Wildman–Crippen MR) is 151 cm³/mol. The summed E-state index contributed by atoms with van der Waals surface area (Å²) < 4.78 is 23.5. The van der Waals surface area contributed by atoms with Crippen LogP contribution in [0.3, 0.4) is 0 Å². The smallest absolute Gasteiger partial charge is 0.247 e. The summed E-state index contributed by atoms with van der Waals surface area (Å²) in [5, 5.41) is 6.67. The Labute approximate surface area is 225 Å². The monoisotopic (exact) mass is 527 g/mol. The Hall–Kier alpha value is -4.44. The normalized spacial score (nSPS) is 15.8. The molecule has 10 heteroatoms. The fourth-order valence-electron chi connectivity index (χ4n) is 4.75. The largest absolute Gasteiger partial charge is 0.438 e. The highest BCUT2D eigenvalue weighted by atomic mass is 19.1. The zero-order valence-corrected chi connectivity index (χ0v) is 21.7. The number of hydrogen-bond donors (Lipinski definition) is 2. The Kier molecular flexibility index (Phi) is 6.62. The number of halogens is 1. The van der Waals surface area contributed by atoms with Crippen molar-refractivity contribution in [3.8, 4) is 11.6 Å². The van der Waals surface area contributed by atoms with Gasteiger partial charge >= 0.3 is 0 Å². The van der Waals surface area contributed by atoms with Crippen molar-refractivity contribution in [1.29, 1.82) is 0 Å². The molecule has 9 nitrogen and oxygen atoms in total. The summed E-state index contributed by atoms with van der Waals surface area (Å²) in [6.45, 7) is 6.87. The van der Waals surface area contributed by atoms with Crippen LogP contribution in [0, 0.1) is 5.82 Å². The number of anilines is 4. The lowest BCUT2D eigenvalue weighted by Gasteiger charge is -2.34. The van der Waals surface area contributed by atoms with E-state index in [9.17, 15) is 4.79 Å². The minimum atomic E-state index is -0.310. The topological polar surface area (TPSA) is 87.5 Å². The Morgan fingerprint density at radius 2 is 1.90 bits per heavy atom. The van der Waals surface area contributed by atoms with Crippen molar-refractivity contribution in [2.24, 2.45) is 0 Å². The third kappa shape index (κ3) is 5.42. The zero-order chi connectivity index (χ0) is 26.9. The third-order valence-electron chi connectivity index (χ3n) is 7.03. The number of carbonyl (C=O) groups excluding carboxylic acids is 1. The van der Waals surface area contributed by atoms with E-state index in [1.165, 1.54) is 12.1 Å². The number of aromatic nitrogens is 3. The van der Waals surface area contributed by atoms with Crippen molar-refractivity contribution in [2.75, 3.05) is 48.8 Å². The van der Waals surface area contributed by atoms with Crippen LogP contribution >= 0.6 is 0 Å². The van der Waals surface area contributed by atoms with Crippen molar-refractivity contribution >= 4 is 40.0 Å². The van der Waals surface area contributed by atoms with Gasteiger partial charge in [0.25, 0.3) is 0 Å². The van der Waals surface area contributed by atoms with Crippen molar-refractivity contribution in [2.45, 2.75) is 18.9 Å². The molecule has 1 aliphatic carbocycles. The molecular formula is C29H30FN7O2. The van der Waals surface area contributed by atoms with Gasteiger partial charge in [-0.3, -0.25) is 4.79 Å². The molecule has 0 bridgehead atoms. The molecule has 2 aromatic carbocycles. The first-order chi connectivity index (χ1) is 19.0. The van der Waals surface area contributed by atoms with Gasteiger partial charge in [-0.1, -0.05) is 12.6 Å². The number of rotatable bonds is 8. The maximum Gasteiger partial charge on any atom is 0.247 e. The maximum atomic E-state index is 15.1. The molecule has 1 aliphatic heterocycles. The van der Waals surface area contributed by atoms with Crippen molar-refractivity contribution in [3.05, 3.63) is 73.2 Å². The van der Waals surface area contributed by atoms with E-state index in [2.05, 4.69) is 43.6 Å². The van der Waals surface area contributed by atoms with Crippen molar-refractivity contribution in [3.63, 3.8) is 0 Å². The zero-order valence-electron chi connectivity index (χ0n) is 21.7. The van der Waals surface area contributed by atoms with Crippen LogP contribution in [0.2, 0.25) is 0 Å². The molecule has 2 aromatic heterocycles. The van der Waals surface area contributed by atoms with Gasteiger partial charge in [0.05, 0.1) is 11.1 Å². The number of carbonyl (C=O) groups is 1. The molecular weight excluding hydrogens is 497 g/mol. The van der Waals surface area contributed by atoms with E-state index in [4.69, 9.17) is 9.72 Å². The number of nitrogens with one attached hydrogen (secondary N) is 2. The summed E-state index contributed by atoms with van der Waals surface area (Å²) in [6.07, 6.45) is 5.40. The number of likely N-dealkylation sites (N-methyl/N-ethyl adjacent to an activating group) is 1. The minimum absolute atomic E-state index is 0.290. The fraction of sp³-hybridized carbons (Fsp3) is 0.276. The number of hydrogen-bond acceptors (Lipinski definition) is 7. The number of nitrogens with zero attached hydrogens (tertiary/aromatic N) is 5. The highest BCUT2D eigenvalue weighted by molar-refractivity contribution is 5.99. The molecule has 1 saturated heterocycles. The molecule has 3 heterocycles. The molecule has 1 saturated carbocycles. The van der Waals surface area contributed by atoms with E-state index in [1.54, 1.807) is 30.3 Å². The second-order valence-electron chi connectivity index (χ2n) is 9.95. The summed E-state index contributed by atoms with van der Waals surface area (Å²) >= 11 is 0. The van der Waals surface area contributed by atoms with Gasteiger partial charge in [0.1, 0.15) is 17.2 Å².